The predicted octanol–water partition coefficient (Wildman–Crippen LogP) is 5.18. The topological polar surface area (TPSA) is 65.1 Å². The summed E-state index contributed by atoms with van der Waals surface area (Å²) in [6, 6.07) is 11.5. The number of hydrogen-bond acceptors (Lipinski definition) is 5. The van der Waals surface area contributed by atoms with Crippen molar-refractivity contribution in [1.29, 1.82) is 0 Å². The average molecular weight is 450 g/mol. The molecule has 0 N–H and O–H groups in total. The Labute approximate surface area is 195 Å². The number of aryl methyl sites for hydroxylation is 1. The molecule has 0 saturated carbocycles. The van der Waals surface area contributed by atoms with E-state index in [4.69, 9.17) is 14.2 Å². The van der Waals surface area contributed by atoms with Crippen molar-refractivity contribution in [3.05, 3.63) is 58.8 Å². The van der Waals surface area contributed by atoms with Crippen LogP contribution in [-0.2, 0) is 9.59 Å². The average Bonchev–Trinajstić information content (AvgIpc) is 2.77. The lowest BCUT2D eigenvalue weighted by molar-refractivity contribution is -0.121. The first-order valence-corrected chi connectivity index (χ1v) is 11.2. The van der Waals surface area contributed by atoms with Crippen molar-refractivity contribution in [3.8, 4) is 17.2 Å². The van der Waals surface area contributed by atoms with E-state index in [1.807, 2.05) is 37.3 Å². The monoisotopic (exact) mass is 449 g/mol. The summed E-state index contributed by atoms with van der Waals surface area (Å²) in [7, 11) is 4.67. The van der Waals surface area contributed by atoms with Gasteiger partial charge in [0.25, 0.3) is 0 Å². The van der Waals surface area contributed by atoms with Crippen LogP contribution in [0, 0.1) is 12.3 Å². The van der Waals surface area contributed by atoms with E-state index in [1.54, 1.807) is 32.3 Å². The van der Waals surface area contributed by atoms with Gasteiger partial charge in [-0.15, -0.1) is 0 Å². The number of hydrogen-bond donors (Lipinski definition) is 0. The standard InChI is InChI=1S/C27H31NO5/c1-16-7-9-17(10-8-16)28-20-14-27(2,3)15-21(29)24(20)19(13-23(28)30)18-11-12-22(31-4)26(33-6)25(18)32-5/h7-12,19H,13-15H2,1-6H3. The maximum absolute atomic E-state index is 13.6. The zero-order valence-electron chi connectivity index (χ0n) is 20.2. The van der Waals surface area contributed by atoms with E-state index >= 15 is 0 Å². The second-order valence-corrected chi connectivity index (χ2v) is 9.55. The molecule has 0 fully saturated rings. The van der Waals surface area contributed by atoms with Gasteiger partial charge in [0.2, 0.25) is 11.7 Å². The zero-order chi connectivity index (χ0) is 23.9. The lowest BCUT2D eigenvalue weighted by Crippen LogP contribution is -2.43. The van der Waals surface area contributed by atoms with Gasteiger partial charge in [0, 0.05) is 41.3 Å². The van der Waals surface area contributed by atoms with Crippen molar-refractivity contribution in [3.63, 3.8) is 0 Å². The van der Waals surface area contributed by atoms with Crippen LogP contribution < -0.4 is 19.1 Å². The number of ketones is 1. The molecule has 6 heteroatoms. The Hall–Kier alpha value is -3.28. The van der Waals surface area contributed by atoms with Crippen molar-refractivity contribution >= 4 is 17.4 Å². The number of carbonyl (C=O) groups excluding carboxylic acids is 2. The maximum Gasteiger partial charge on any atom is 0.232 e. The molecule has 0 radical (unpaired) electrons. The lowest BCUT2D eigenvalue weighted by Gasteiger charge is -2.43. The minimum atomic E-state index is -0.410. The first-order valence-electron chi connectivity index (χ1n) is 11.2. The minimum absolute atomic E-state index is 0.0371. The second-order valence-electron chi connectivity index (χ2n) is 9.55. The first-order chi connectivity index (χ1) is 15.7. The third-order valence-electron chi connectivity index (χ3n) is 6.55. The third-order valence-corrected chi connectivity index (χ3v) is 6.55. The van der Waals surface area contributed by atoms with Gasteiger partial charge in [-0.05, 0) is 37.0 Å². The van der Waals surface area contributed by atoms with Crippen molar-refractivity contribution in [2.45, 2.75) is 46.0 Å². The first kappa shape index (κ1) is 22.9. The number of Topliss-reactive ketones (excluding diaryl/α,β-unsaturated/α-hetero) is 1. The van der Waals surface area contributed by atoms with Crippen molar-refractivity contribution in [2.75, 3.05) is 26.2 Å². The van der Waals surface area contributed by atoms with Gasteiger partial charge in [0.1, 0.15) is 0 Å². The van der Waals surface area contributed by atoms with E-state index in [9.17, 15) is 9.59 Å². The van der Waals surface area contributed by atoms with E-state index in [-0.39, 0.29) is 23.5 Å². The fourth-order valence-electron chi connectivity index (χ4n) is 5.07. The molecule has 1 unspecified atom stereocenters. The molecule has 1 atom stereocenters. The number of anilines is 1. The highest BCUT2D eigenvalue weighted by molar-refractivity contribution is 6.08. The van der Waals surface area contributed by atoms with Crippen molar-refractivity contribution < 1.29 is 23.8 Å². The van der Waals surface area contributed by atoms with Crippen LogP contribution >= 0.6 is 0 Å². The van der Waals surface area contributed by atoms with Crippen LogP contribution in [0.25, 0.3) is 0 Å². The highest BCUT2D eigenvalue weighted by Gasteiger charge is 2.45. The largest absolute Gasteiger partial charge is 0.493 e. The van der Waals surface area contributed by atoms with Crippen LogP contribution in [0.3, 0.4) is 0 Å². The Morgan fingerprint density at radius 1 is 0.879 bits per heavy atom. The molecular formula is C27H31NO5. The van der Waals surface area contributed by atoms with Crippen molar-refractivity contribution in [1.82, 2.24) is 0 Å². The highest BCUT2D eigenvalue weighted by Crippen LogP contribution is 2.52. The fourth-order valence-corrected chi connectivity index (χ4v) is 5.07. The number of allylic oxidation sites excluding steroid dienone is 2. The van der Waals surface area contributed by atoms with Crippen LogP contribution in [0.15, 0.2) is 47.7 Å². The molecule has 1 heterocycles. The molecule has 4 rings (SSSR count). The Kier molecular flexibility index (Phi) is 5.95. The van der Waals surface area contributed by atoms with Crippen LogP contribution in [0.4, 0.5) is 5.69 Å². The molecule has 0 aromatic heterocycles. The number of methoxy groups -OCH3 is 3. The van der Waals surface area contributed by atoms with Crippen LogP contribution in [0.1, 0.15) is 50.2 Å². The van der Waals surface area contributed by atoms with Gasteiger partial charge in [-0.3, -0.25) is 14.5 Å². The van der Waals surface area contributed by atoms with E-state index in [0.717, 1.165) is 22.5 Å². The number of amides is 1. The molecular weight excluding hydrogens is 418 g/mol. The minimum Gasteiger partial charge on any atom is -0.493 e. The summed E-state index contributed by atoms with van der Waals surface area (Å²) in [4.78, 5) is 28.9. The molecule has 2 aromatic carbocycles. The molecule has 33 heavy (non-hydrogen) atoms. The predicted molar refractivity (Wildman–Crippen MR) is 127 cm³/mol. The van der Waals surface area contributed by atoms with Crippen LogP contribution in [0.5, 0.6) is 17.2 Å². The molecule has 0 saturated heterocycles. The normalized spacial score (nSPS) is 19.9. The molecule has 0 spiro atoms. The molecule has 1 aliphatic heterocycles. The fraction of sp³-hybridized carbons (Fsp3) is 0.407. The molecule has 1 amide bonds. The van der Waals surface area contributed by atoms with E-state index < -0.39 is 5.92 Å². The van der Waals surface area contributed by atoms with Gasteiger partial charge in [0.05, 0.1) is 21.3 Å². The van der Waals surface area contributed by atoms with Crippen LogP contribution in [0.2, 0.25) is 0 Å². The SMILES string of the molecule is COc1ccc(C2CC(=O)N(c3ccc(C)cc3)C3=C2C(=O)CC(C)(C)C3)c(OC)c1OC. The number of benzene rings is 2. The second kappa shape index (κ2) is 8.58. The Bertz CT molecular complexity index is 1130. The van der Waals surface area contributed by atoms with Gasteiger partial charge in [-0.2, -0.15) is 0 Å². The Morgan fingerprint density at radius 3 is 2.15 bits per heavy atom. The lowest BCUT2D eigenvalue weighted by atomic mass is 9.69. The highest BCUT2D eigenvalue weighted by atomic mass is 16.5. The maximum atomic E-state index is 13.6. The summed E-state index contributed by atoms with van der Waals surface area (Å²) in [6.45, 7) is 6.17. The molecule has 6 nitrogen and oxygen atoms in total. The van der Waals surface area contributed by atoms with Crippen LogP contribution in [-0.4, -0.2) is 33.0 Å². The molecule has 2 aromatic rings. The summed E-state index contributed by atoms with van der Waals surface area (Å²) in [5, 5.41) is 0. The molecule has 174 valence electrons. The number of carbonyl (C=O) groups is 2. The summed E-state index contributed by atoms with van der Waals surface area (Å²) < 4.78 is 16.7. The van der Waals surface area contributed by atoms with Gasteiger partial charge >= 0.3 is 0 Å². The van der Waals surface area contributed by atoms with E-state index in [1.165, 1.54) is 0 Å². The van der Waals surface area contributed by atoms with Gasteiger partial charge in [0.15, 0.2) is 17.3 Å². The quantitative estimate of drug-likeness (QED) is 0.629. The number of ether oxygens (including phenoxy) is 3. The number of rotatable bonds is 5. The van der Waals surface area contributed by atoms with E-state index in [2.05, 4.69) is 13.8 Å². The van der Waals surface area contributed by atoms with Gasteiger partial charge in [-0.1, -0.05) is 37.6 Å². The van der Waals surface area contributed by atoms with Gasteiger partial charge in [-0.25, -0.2) is 0 Å². The zero-order valence-corrected chi connectivity index (χ0v) is 20.2. The summed E-state index contributed by atoms with van der Waals surface area (Å²) >= 11 is 0. The number of nitrogens with zero attached hydrogens (tertiary/aromatic N) is 1. The van der Waals surface area contributed by atoms with E-state index in [0.29, 0.717) is 35.7 Å². The summed E-state index contributed by atoms with van der Waals surface area (Å²) in [5.74, 6) is 1.11. The van der Waals surface area contributed by atoms with Crippen molar-refractivity contribution in [2.24, 2.45) is 5.41 Å². The summed E-state index contributed by atoms with van der Waals surface area (Å²) in [5.41, 5.74) is 3.92. The smallest absolute Gasteiger partial charge is 0.232 e. The Morgan fingerprint density at radius 2 is 1.55 bits per heavy atom. The Balaban J connectivity index is 1.94. The third kappa shape index (κ3) is 3.99. The molecule has 2 aliphatic rings. The molecule has 0 bridgehead atoms. The summed E-state index contributed by atoms with van der Waals surface area (Å²) in [6.07, 6.45) is 1.25. The molecule has 1 aliphatic carbocycles. The van der Waals surface area contributed by atoms with Gasteiger partial charge < -0.3 is 14.2 Å².